The molecule has 0 amide bonds. The summed E-state index contributed by atoms with van der Waals surface area (Å²) < 4.78 is 12.1. The molecule has 0 bridgehead atoms. The van der Waals surface area contributed by atoms with Crippen LogP contribution in [0.25, 0.3) is 0 Å². The molecule has 2 aromatic rings. The predicted octanol–water partition coefficient (Wildman–Crippen LogP) is 3.81. The Morgan fingerprint density at radius 1 is 1.10 bits per heavy atom. The van der Waals surface area contributed by atoms with Gasteiger partial charge in [-0.05, 0) is 35.4 Å². The van der Waals surface area contributed by atoms with Crippen molar-refractivity contribution in [1.82, 2.24) is 0 Å². The van der Waals surface area contributed by atoms with Gasteiger partial charge >= 0.3 is 0 Å². The zero-order valence-corrected chi connectivity index (χ0v) is 14.0. The molecule has 2 rings (SSSR count). The highest BCUT2D eigenvalue weighted by atomic mass is 79.9. The van der Waals surface area contributed by atoms with Crippen LogP contribution in [-0.4, -0.2) is 12.1 Å². The molecule has 0 aromatic heterocycles. The first kappa shape index (κ1) is 15.9. The van der Waals surface area contributed by atoms with Crippen molar-refractivity contribution in [3.8, 4) is 5.75 Å². The van der Waals surface area contributed by atoms with Gasteiger partial charge in [0.05, 0.1) is 25.9 Å². The number of methoxy groups -OCH3 is 1. The molecular formula is C16H16BrNO2S. The minimum atomic E-state index is 0.328. The second kappa shape index (κ2) is 7.54. The molecule has 0 fully saturated rings. The van der Waals surface area contributed by atoms with Crippen molar-refractivity contribution in [1.29, 1.82) is 0 Å². The highest BCUT2D eigenvalue weighted by Crippen LogP contribution is 2.21. The molecule has 0 aliphatic rings. The van der Waals surface area contributed by atoms with Gasteiger partial charge in [-0.15, -0.1) is 0 Å². The lowest BCUT2D eigenvalue weighted by atomic mass is 10.1. The van der Waals surface area contributed by atoms with Crippen LogP contribution in [0.5, 0.6) is 5.75 Å². The van der Waals surface area contributed by atoms with Crippen molar-refractivity contribution in [3.63, 3.8) is 0 Å². The van der Waals surface area contributed by atoms with Crippen molar-refractivity contribution in [2.45, 2.75) is 13.2 Å². The Kier molecular flexibility index (Phi) is 5.73. The summed E-state index contributed by atoms with van der Waals surface area (Å²) >= 11 is 8.39. The van der Waals surface area contributed by atoms with Gasteiger partial charge in [0.15, 0.2) is 0 Å². The van der Waals surface area contributed by atoms with Crippen molar-refractivity contribution in [2.24, 2.45) is 5.73 Å². The normalized spacial score (nSPS) is 10.4. The highest BCUT2D eigenvalue weighted by molar-refractivity contribution is 9.10. The van der Waals surface area contributed by atoms with Gasteiger partial charge in [0.25, 0.3) is 0 Å². The van der Waals surface area contributed by atoms with E-state index in [4.69, 9.17) is 27.4 Å². The number of halogens is 1. The van der Waals surface area contributed by atoms with E-state index in [0.717, 1.165) is 21.2 Å². The van der Waals surface area contributed by atoms with Crippen molar-refractivity contribution >= 4 is 33.1 Å². The van der Waals surface area contributed by atoms with Crippen molar-refractivity contribution < 1.29 is 9.47 Å². The lowest BCUT2D eigenvalue weighted by Gasteiger charge is -2.10. The molecule has 0 heterocycles. The Morgan fingerprint density at radius 3 is 2.33 bits per heavy atom. The Balaban J connectivity index is 1.97. The summed E-state index contributed by atoms with van der Waals surface area (Å²) in [4.78, 5) is 0.328. The lowest BCUT2D eigenvalue weighted by molar-refractivity contribution is 0.107. The Bertz CT molecular complexity index is 629. The van der Waals surface area contributed by atoms with Gasteiger partial charge in [-0.3, -0.25) is 0 Å². The number of hydrogen-bond acceptors (Lipinski definition) is 3. The molecule has 21 heavy (non-hydrogen) atoms. The quantitative estimate of drug-likeness (QED) is 0.790. The third kappa shape index (κ3) is 4.52. The van der Waals surface area contributed by atoms with E-state index < -0.39 is 0 Å². The van der Waals surface area contributed by atoms with Crippen LogP contribution in [0.1, 0.15) is 16.7 Å². The monoisotopic (exact) mass is 365 g/mol. The van der Waals surface area contributed by atoms with Crippen LogP contribution < -0.4 is 10.5 Å². The second-order valence-corrected chi connectivity index (χ2v) is 5.87. The average molecular weight is 366 g/mol. The zero-order chi connectivity index (χ0) is 15.2. The zero-order valence-electron chi connectivity index (χ0n) is 11.6. The fourth-order valence-corrected chi connectivity index (χ4v) is 2.33. The van der Waals surface area contributed by atoms with Crippen molar-refractivity contribution in [3.05, 3.63) is 63.6 Å². The van der Waals surface area contributed by atoms with E-state index in [-0.39, 0.29) is 0 Å². The van der Waals surface area contributed by atoms with Gasteiger partial charge in [0.2, 0.25) is 0 Å². The Labute approximate surface area is 138 Å². The molecule has 0 spiro atoms. The minimum Gasteiger partial charge on any atom is -0.496 e. The third-order valence-corrected chi connectivity index (χ3v) is 3.73. The smallest absolute Gasteiger partial charge is 0.129 e. The van der Waals surface area contributed by atoms with Gasteiger partial charge in [-0.1, -0.05) is 46.3 Å². The molecule has 3 nitrogen and oxygen atoms in total. The topological polar surface area (TPSA) is 44.5 Å². The lowest BCUT2D eigenvalue weighted by Crippen LogP contribution is -2.11. The highest BCUT2D eigenvalue weighted by Gasteiger charge is 2.07. The number of benzene rings is 2. The van der Waals surface area contributed by atoms with E-state index in [1.54, 1.807) is 7.11 Å². The summed E-state index contributed by atoms with van der Waals surface area (Å²) in [6.45, 7) is 1.07. The molecule has 0 atom stereocenters. The van der Waals surface area contributed by atoms with Crippen LogP contribution in [0, 0.1) is 0 Å². The van der Waals surface area contributed by atoms with Crippen LogP contribution in [-0.2, 0) is 18.0 Å². The van der Waals surface area contributed by atoms with Gasteiger partial charge in [-0.25, -0.2) is 0 Å². The largest absolute Gasteiger partial charge is 0.496 e. The molecular weight excluding hydrogens is 350 g/mol. The summed E-state index contributed by atoms with van der Waals surface area (Å²) in [5.74, 6) is 0.673. The fourth-order valence-electron chi connectivity index (χ4n) is 1.90. The summed E-state index contributed by atoms with van der Waals surface area (Å²) in [6, 6.07) is 13.8. The molecule has 2 aromatic carbocycles. The first-order valence-corrected chi connectivity index (χ1v) is 7.59. The Hall–Kier alpha value is -1.43. The van der Waals surface area contributed by atoms with Gasteiger partial charge in [0, 0.05) is 4.47 Å². The molecule has 2 N–H and O–H groups in total. The Morgan fingerprint density at radius 2 is 1.71 bits per heavy atom. The van der Waals surface area contributed by atoms with E-state index >= 15 is 0 Å². The molecule has 110 valence electrons. The third-order valence-electron chi connectivity index (χ3n) is 2.98. The summed E-state index contributed by atoms with van der Waals surface area (Å²) in [7, 11) is 1.60. The van der Waals surface area contributed by atoms with E-state index in [1.807, 2.05) is 42.5 Å². The van der Waals surface area contributed by atoms with Gasteiger partial charge in [0.1, 0.15) is 10.7 Å². The number of rotatable bonds is 6. The summed E-state index contributed by atoms with van der Waals surface area (Å²) in [5.41, 5.74) is 8.53. The second-order valence-electron chi connectivity index (χ2n) is 4.52. The maximum Gasteiger partial charge on any atom is 0.129 e. The van der Waals surface area contributed by atoms with E-state index in [9.17, 15) is 0 Å². The summed E-state index contributed by atoms with van der Waals surface area (Å²) in [5, 5.41) is 0. The number of hydrogen-bond donors (Lipinski definition) is 1. The van der Waals surface area contributed by atoms with Crippen LogP contribution in [0.2, 0.25) is 0 Å². The SMILES string of the molecule is COc1cc(COCc2ccc(Br)cc2)ccc1C(N)=S. The average Bonchev–Trinajstić information content (AvgIpc) is 2.49. The van der Waals surface area contributed by atoms with Crippen LogP contribution in [0.3, 0.4) is 0 Å². The maximum absolute atomic E-state index is 5.71. The molecule has 0 aliphatic heterocycles. The minimum absolute atomic E-state index is 0.328. The maximum atomic E-state index is 5.71. The first-order valence-electron chi connectivity index (χ1n) is 6.39. The number of ether oxygens (including phenoxy) is 2. The fraction of sp³-hybridized carbons (Fsp3) is 0.188. The molecule has 0 unspecified atom stereocenters. The molecule has 0 saturated carbocycles. The van der Waals surface area contributed by atoms with Crippen LogP contribution >= 0.6 is 28.1 Å². The van der Waals surface area contributed by atoms with Gasteiger partial charge in [-0.2, -0.15) is 0 Å². The summed E-state index contributed by atoms with van der Waals surface area (Å²) in [6.07, 6.45) is 0. The molecule has 0 aliphatic carbocycles. The molecule has 0 saturated heterocycles. The van der Waals surface area contributed by atoms with E-state index in [0.29, 0.717) is 24.0 Å². The van der Waals surface area contributed by atoms with E-state index in [1.165, 1.54) is 0 Å². The van der Waals surface area contributed by atoms with Gasteiger partial charge < -0.3 is 15.2 Å². The van der Waals surface area contributed by atoms with Crippen LogP contribution in [0.15, 0.2) is 46.9 Å². The standard InChI is InChI=1S/C16H16BrNO2S/c1-19-15-8-12(4-7-14(15)16(18)21)10-20-9-11-2-5-13(17)6-3-11/h2-8H,9-10H2,1H3,(H2,18,21). The van der Waals surface area contributed by atoms with Crippen LogP contribution in [0.4, 0.5) is 0 Å². The predicted molar refractivity (Wildman–Crippen MR) is 91.5 cm³/mol. The number of thiocarbonyl (C=S) groups is 1. The molecule has 0 radical (unpaired) electrons. The first-order chi connectivity index (χ1) is 10.1. The van der Waals surface area contributed by atoms with Crippen molar-refractivity contribution in [2.75, 3.05) is 7.11 Å². The molecule has 5 heteroatoms. The number of nitrogens with two attached hydrogens (primary N) is 1. The van der Waals surface area contributed by atoms with E-state index in [2.05, 4.69) is 15.9 Å².